The van der Waals surface area contributed by atoms with Crippen LogP contribution in [0, 0.1) is 0 Å². The Morgan fingerprint density at radius 3 is 1.90 bits per heavy atom. The van der Waals surface area contributed by atoms with Crippen molar-refractivity contribution in [3.8, 4) is 0 Å². The average Bonchev–Trinajstić information content (AvgIpc) is 2.43. The molecule has 0 heterocycles. The summed E-state index contributed by atoms with van der Waals surface area (Å²) in [5, 5.41) is 8.49. The number of unbranched alkanes of at least 4 members (excludes halogenated alkanes) is 5. The maximum Gasteiger partial charge on any atom is 0.303 e. The molecule has 0 saturated heterocycles. The van der Waals surface area contributed by atoms with E-state index in [9.17, 15) is 4.79 Å². The van der Waals surface area contributed by atoms with Gasteiger partial charge in [-0.1, -0.05) is 62.6 Å². The lowest BCUT2D eigenvalue weighted by Gasteiger charge is -1.94. The summed E-state index contributed by atoms with van der Waals surface area (Å²) in [6.07, 6.45) is 23.3. The molecule has 0 amide bonds. The molecule has 0 fully saturated rings. The van der Waals surface area contributed by atoms with Gasteiger partial charge in [0.2, 0.25) is 0 Å². The van der Waals surface area contributed by atoms with Crippen LogP contribution in [0.25, 0.3) is 0 Å². The molecule has 0 aliphatic carbocycles. The van der Waals surface area contributed by atoms with Crippen molar-refractivity contribution < 1.29 is 9.90 Å². The monoisotopic (exact) mass is 278 g/mol. The highest BCUT2D eigenvalue weighted by atomic mass is 16.4. The first-order valence-electron chi connectivity index (χ1n) is 7.94. The molecule has 0 saturated carbocycles. The Hall–Kier alpha value is -1.31. The SMILES string of the molecule is CCCCC=CCC=CCC=CCCCCCC(=O)O. The number of carboxylic acid groups (broad SMARTS) is 1. The first kappa shape index (κ1) is 18.7. The fourth-order valence-electron chi connectivity index (χ4n) is 1.81. The molecule has 20 heavy (non-hydrogen) atoms. The van der Waals surface area contributed by atoms with E-state index in [1.165, 1.54) is 19.3 Å². The maximum atomic E-state index is 10.3. The van der Waals surface area contributed by atoms with Gasteiger partial charge in [-0.2, -0.15) is 0 Å². The molecule has 1 N–H and O–H groups in total. The average molecular weight is 278 g/mol. The van der Waals surface area contributed by atoms with Gasteiger partial charge in [-0.3, -0.25) is 4.79 Å². The molecule has 0 aliphatic heterocycles. The second-order valence-electron chi connectivity index (χ2n) is 5.02. The number of rotatable bonds is 13. The Labute approximate surface area is 124 Å². The van der Waals surface area contributed by atoms with Gasteiger partial charge in [0.25, 0.3) is 0 Å². The third-order valence-corrected chi connectivity index (χ3v) is 3.03. The van der Waals surface area contributed by atoms with Gasteiger partial charge in [0.1, 0.15) is 0 Å². The molecule has 0 aromatic rings. The second kappa shape index (κ2) is 15.7. The highest BCUT2D eigenvalue weighted by Crippen LogP contribution is 2.04. The number of carbonyl (C=O) groups is 1. The first-order valence-corrected chi connectivity index (χ1v) is 7.94. The zero-order valence-corrected chi connectivity index (χ0v) is 12.9. The Kier molecular flexibility index (Phi) is 14.7. The van der Waals surface area contributed by atoms with Crippen LogP contribution in [0.5, 0.6) is 0 Å². The third-order valence-electron chi connectivity index (χ3n) is 3.03. The quantitative estimate of drug-likeness (QED) is 0.348. The van der Waals surface area contributed by atoms with E-state index < -0.39 is 5.97 Å². The summed E-state index contributed by atoms with van der Waals surface area (Å²) in [5.74, 6) is -0.686. The highest BCUT2D eigenvalue weighted by Gasteiger charge is 1.94. The molecule has 0 aromatic carbocycles. The lowest BCUT2D eigenvalue weighted by Crippen LogP contribution is -1.93. The van der Waals surface area contributed by atoms with Gasteiger partial charge in [-0.15, -0.1) is 0 Å². The Morgan fingerprint density at radius 2 is 1.35 bits per heavy atom. The van der Waals surface area contributed by atoms with E-state index in [0.717, 1.165) is 38.5 Å². The van der Waals surface area contributed by atoms with Crippen LogP contribution in [0.3, 0.4) is 0 Å². The molecular formula is C18H30O2. The summed E-state index contributed by atoms with van der Waals surface area (Å²) < 4.78 is 0. The molecule has 0 unspecified atom stereocenters. The minimum Gasteiger partial charge on any atom is -0.481 e. The first-order chi connectivity index (χ1) is 9.77. The van der Waals surface area contributed by atoms with Crippen molar-refractivity contribution in [3.63, 3.8) is 0 Å². The molecule has 114 valence electrons. The largest absolute Gasteiger partial charge is 0.481 e. The maximum absolute atomic E-state index is 10.3. The standard InChI is InChI=1S/C18H30O2/c1-2-3-4-5-6-7-8-9-10-11-12-13-14-15-16-17-18(19)20/h5-6,8-9,11-12H,2-4,7,10,13-17H2,1H3,(H,19,20). The topological polar surface area (TPSA) is 37.3 Å². The van der Waals surface area contributed by atoms with Crippen LogP contribution in [0.2, 0.25) is 0 Å². The van der Waals surface area contributed by atoms with Gasteiger partial charge >= 0.3 is 5.97 Å². The molecule has 2 nitrogen and oxygen atoms in total. The number of hydrogen-bond acceptors (Lipinski definition) is 1. The normalized spacial score (nSPS) is 12.1. The molecule has 0 aromatic heterocycles. The van der Waals surface area contributed by atoms with Crippen LogP contribution in [0.4, 0.5) is 0 Å². The third kappa shape index (κ3) is 16.7. The lowest BCUT2D eigenvalue weighted by atomic mass is 10.1. The summed E-state index contributed by atoms with van der Waals surface area (Å²) >= 11 is 0. The van der Waals surface area contributed by atoms with E-state index >= 15 is 0 Å². The minimum atomic E-state index is -0.686. The van der Waals surface area contributed by atoms with Gasteiger partial charge in [0, 0.05) is 6.42 Å². The van der Waals surface area contributed by atoms with Gasteiger partial charge in [0.15, 0.2) is 0 Å². The molecule has 0 bridgehead atoms. The van der Waals surface area contributed by atoms with Crippen molar-refractivity contribution in [3.05, 3.63) is 36.5 Å². The van der Waals surface area contributed by atoms with Gasteiger partial charge in [0.05, 0.1) is 0 Å². The van der Waals surface area contributed by atoms with Crippen molar-refractivity contribution >= 4 is 5.97 Å². The number of allylic oxidation sites excluding steroid dienone is 6. The predicted octanol–water partition coefficient (Wildman–Crippen LogP) is 5.66. The van der Waals surface area contributed by atoms with Crippen molar-refractivity contribution in [1.29, 1.82) is 0 Å². The number of aliphatic carboxylic acids is 1. The van der Waals surface area contributed by atoms with Crippen molar-refractivity contribution in [2.24, 2.45) is 0 Å². The van der Waals surface area contributed by atoms with E-state index in [1.807, 2.05) is 0 Å². The molecule has 0 aliphatic rings. The second-order valence-corrected chi connectivity index (χ2v) is 5.02. The zero-order valence-electron chi connectivity index (χ0n) is 12.9. The lowest BCUT2D eigenvalue weighted by molar-refractivity contribution is -0.137. The molecule has 2 heteroatoms. The van der Waals surface area contributed by atoms with E-state index in [-0.39, 0.29) is 0 Å². The molecular weight excluding hydrogens is 248 g/mol. The van der Waals surface area contributed by atoms with Crippen LogP contribution >= 0.6 is 0 Å². The Morgan fingerprint density at radius 1 is 0.800 bits per heavy atom. The zero-order chi connectivity index (χ0) is 14.9. The minimum absolute atomic E-state index is 0.304. The molecule has 0 spiro atoms. The summed E-state index contributed by atoms with van der Waals surface area (Å²) in [6.45, 7) is 2.21. The van der Waals surface area contributed by atoms with E-state index in [0.29, 0.717) is 6.42 Å². The van der Waals surface area contributed by atoms with Crippen molar-refractivity contribution in [2.45, 2.75) is 71.1 Å². The summed E-state index contributed by atoms with van der Waals surface area (Å²) in [5.41, 5.74) is 0. The van der Waals surface area contributed by atoms with E-state index in [1.54, 1.807) is 0 Å². The van der Waals surface area contributed by atoms with E-state index in [2.05, 4.69) is 43.4 Å². The fraction of sp³-hybridized carbons (Fsp3) is 0.611. The summed E-state index contributed by atoms with van der Waals surface area (Å²) in [4.78, 5) is 10.3. The molecule has 0 rings (SSSR count). The van der Waals surface area contributed by atoms with Crippen LogP contribution < -0.4 is 0 Å². The van der Waals surface area contributed by atoms with Crippen LogP contribution in [-0.4, -0.2) is 11.1 Å². The van der Waals surface area contributed by atoms with Gasteiger partial charge < -0.3 is 5.11 Å². The van der Waals surface area contributed by atoms with Crippen molar-refractivity contribution in [1.82, 2.24) is 0 Å². The molecule has 0 atom stereocenters. The summed E-state index contributed by atoms with van der Waals surface area (Å²) in [6, 6.07) is 0. The van der Waals surface area contributed by atoms with E-state index in [4.69, 9.17) is 5.11 Å². The van der Waals surface area contributed by atoms with Gasteiger partial charge in [-0.05, 0) is 38.5 Å². The van der Waals surface area contributed by atoms with Gasteiger partial charge in [-0.25, -0.2) is 0 Å². The smallest absolute Gasteiger partial charge is 0.303 e. The van der Waals surface area contributed by atoms with Crippen LogP contribution in [-0.2, 0) is 4.79 Å². The molecule has 0 radical (unpaired) electrons. The van der Waals surface area contributed by atoms with Crippen LogP contribution in [0.1, 0.15) is 71.1 Å². The highest BCUT2D eigenvalue weighted by molar-refractivity contribution is 5.66. The number of hydrogen-bond donors (Lipinski definition) is 1. The number of carboxylic acids is 1. The van der Waals surface area contributed by atoms with Crippen LogP contribution in [0.15, 0.2) is 36.5 Å². The predicted molar refractivity (Wildman–Crippen MR) is 86.9 cm³/mol. The fourth-order valence-corrected chi connectivity index (χ4v) is 1.81. The van der Waals surface area contributed by atoms with Crippen molar-refractivity contribution in [2.75, 3.05) is 0 Å². The summed E-state index contributed by atoms with van der Waals surface area (Å²) in [7, 11) is 0. The Balaban J connectivity index is 3.30. The Bertz CT molecular complexity index is 301.